The van der Waals surface area contributed by atoms with Crippen molar-refractivity contribution in [2.75, 3.05) is 13.7 Å². The normalized spacial score (nSPS) is 9.88. The molecule has 5 nitrogen and oxygen atoms in total. The highest BCUT2D eigenvalue weighted by Crippen LogP contribution is 2.31. The SMILES string of the molecule is CNC(=O)COC(=O)c1ncc(Cl)c(Cl)c1Cl. The molecule has 0 fully saturated rings. The van der Waals surface area contributed by atoms with Gasteiger partial charge in [-0.3, -0.25) is 4.79 Å². The maximum Gasteiger partial charge on any atom is 0.359 e. The van der Waals surface area contributed by atoms with E-state index in [1.54, 1.807) is 0 Å². The molecule has 1 aromatic heterocycles. The lowest BCUT2D eigenvalue weighted by Crippen LogP contribution is -2.25. The summed E-state index contributed by atoms with van der Waals surface area (Å²) in [5.41, 5.74) is -0.190. The fourth-order valence-corrected chi connectivity index (χ4v) is 1.41. The number of carbonyl (C=O) groups excluding carboxylic acids is 2. The second kappa shape index (κ2) is 6.05. The van der Waals surface area contributed by atoms with E-state index in [0.29, 0.717) is 0 Å². The highest BCUT2D eigenvalue weighted by molar-refractivity contribution is 6.48. The summed E-state index contributed by atoms with van der Waals surface area (Å²) in [5.74, 6) is -1.30. The average Bonchev–Trinajstić information content (AvgIpc) is 2.32. The van der Waals surface area contributed by atoms with E-state index in [9.17, 15) is 9.59 Å². The number of ether oxygens (including phenoxy) is 1. The molecule has 0 atom stereocenters. The molecule has 1 aromatic rings. The van der Waals surface area contributed by atoms with Crippen LogP contribution in [0.25, 0.3) is 0 Å². The third-order valence-electron chi connectivity index (χ3n) is 1.72. The maximum absolute atomic E-state index is 11.5. The molecule has 1 amide bonds. The molecular weight excluding hydrogens is 290 g/mol. The number of hydrogen-bond acceptors (Lipinski definition) is 4. The van der Waals surface area contributed by atoms with Gasteiger partial charge in [0.2, 0.25) is 0 Å². The summed E-state index contributed by atoms with van der Waals surface area (Å²) in [6, 6.07) is 0. The van der Waals surface area contributed by atoms with Crippen LogP contribution in [0.2, 0.25) is 15.1 Å². The van der Waals surface area contributed by atoms with Gasteiger partial charge in [-0.15, -0.1) is 0 Å². The second-order valence-corrected chi connectivity index (χ2v) is 4.00. The highest BCUT2D eigenvalue weighted by atomic mass is 35.5. The van der Waals surface area contributed by atoms with Crippen LogP contribution < -0.4 is 5.32 Å². The third kappa shape index (κ3) is 3.46. The van der Waals surface area contributed by atoms with Gasteiger partial charge in [0.05, 0.1) is 15.1 Å². The number of esters is 1. The summed E-state index contributed by atoms with van der Waals surface area (Å²) in [6.07, 6.45) is 1.17. The Balaban J connectivity index is 2.83. The van der Waals surface area contributed by atoms with Gasteiger partial charge in [-0.05, 0) is 0 Å². The van der Waals surface area contributed by atoms with Crippen LogP contribution in [-0.2, 0) is 9.53 Å². The number of aromatic nitrogens is 1. The zero-order chi connectivity index (χ0) is 13.0. The maximum atomic E-state index is 11.5. The summed E-state index contributed by atoms with van der Waals surface area (Å²) >= 11 is 17.1. The van der Waals surface area contributed by atoms with Gasteiger partial charge in [0, 0.05) is 13.2 Å². The smallest absolute Gasteiger partial charge is 0.359 e. The molecule has 0 aliphatic carbocycles. The molecule has 0 saturated heterocycles. The molecule has 17 heavy (non-hydrogen) atoms. The number of rotatable bonds is 3. The Morgan fingerprint density at radius 3 is 2.59 bits per heavy atom. The van der Waals surface area contributed by atoms with Gasteiger partial charge in [-0.2, -0.15) is 0 Å². The Morgan fingerprint density at radius 2 is 2.00 bits per heavy atom. The van der Waals surface area contributed by atoms with Crippen molar-refractivity contribution in [2.24, 2.45) is 0 Å². The molecule has 1 N–H and O–H groups in total. The topological polar surface area (TPSA) is 68.3 Å². The summed E-state index contributed by atoms with van der Waals surface area (Å²) in [4.78, 5) is 26.1. The molecule has 1 rings (SSSR count). The zero-order valence-electron chi connectivity index (χ0n) is 8.59. The van der Waals surface area contributed by atoms with Gasteiger partial charge >= 0.3 is 5.97 Å². The molecule has 8 heteroatoms. The fourth-order valence-electron chi connectivity index (χ4n) is 0.857. The number of likely N-dealkylation sites (N-methyl/N-ethyl adjacent to an activating group) is 1. The van der Waals surface area contributed by atoms with Crippen molar-refractivity contribution < 1.29 is 14.3 Å². The third-order valence-corrected chi connectivity index (χ3v) is 2.96. The van der Waals surface area contributed by atoms with Crippen molar-refractivity contribution in [3.8, 4) is 0 Å². The van der Waals surface area contributed by atoms with E-state index in [1.807, 2.05) is 0 Å². The Hall–Kier alpha value is -1.04. The standard InChI is InChI=1S/C9H7Cl3N2O3/c1-13-5(15)3-17-9(16)8-7(12)6(11)4(10)2-14-8/h2H,3H2,1H3,(H,13,15). The van der Waals surface area contributed by atoms with E-state index >= 15 is 0 Å². The molecule has 0 spiro atoms. The molecule has 0 aliphatic rings. The largest absolute Gasteiger partial charge is 0.451 e. The first-order valence-corrected chi connectivity index (χ1v) is 5.48. The highest BCUT2D eigenvalue weighted by Gasteiger charge is 2.18. The lowest BCUT2D eigenvalue weighted by atomic mass is 10.3. The summed E-state index contributed by atoms with van der Waals surface area (Å²) in [5, 5.41) is 2.31. The second-order valence-electron chi connectivity index (χ2n) is 2.83. The minimum atomic E-state index is -0.850. The first-order valence-electron chi connectivity index (χ1n) is 4.34. The molecule has 92 valence electrons. The molecule has 0 aliphatic heterocycles. The Morgan fingerprint density at radius 1 is 1.35 bits per heavy atom. The van der Waals surface area contributed by atoms with Crippen molar-refractivity contribution in [1.82, 2.24) is 10.3 Å². The van der Waals surface area contributed by atoms with Gasteiger partial charge in [-0.1, -0.05) is 34.8 Å². The minimum Gasteiger partial charge on any atom is -0.451 e. The number of amides is 1. The Bertz CT molecular complexity index is 465. The predicted octanol–water partition coefficient (Wildman–Crippen LogP) is 1.94. The Labute approximate surface area is 112 Å². The first kappa shape index (κ1) is 14.0. The van der Waals surface area contributed by atoms with E-state index in [0.717, 1.165) is 0 Å². The molecule has 1 heterocycles. The van der Waals surface area contributed by atoms with Crippen LogP contribution in [0.3, 0.4) is 0 Å². The van der Waals surface area contributed by atoms with Crippen LogP contribution in [0.5, 0.6) is 0 Å². The number of pyridine rings is 1. The quantitative estimate of drug-likeness (QED) is 0.866. The molecule has 0 radical (unpaired) electrons. The van der Waals surface area contributed by atoms with E-state index < -0.39 is 18.5 Å². The lowest BCUT2D eigenvalue weighted by Gasteiger charge is -2.06. The van der Waals surface area contributed by atoms with Crippen LogP contribution in [0, 0.1) is 0 Å². The summed E-state index contributed by atoms with van der Waals surface area (Å²) in [6.45, 7) is -0.423. The lowest BCUT2D eigenvalue weighted by molar-refractivity contribution is -0.123. The summed E-state index contributed by atoms with van der Waals surface area (Å²) in [7, 11) is 1.42. The first-order chi connectivity index (χ1) is 7.97. The van der Waals surface area contributed by atoms with Gasteiger partial charge in [0.1, 0.15) is 0 Å². The van der Waals surface area contributed by atoms with Crippen LogP contribution in [-0.4, -0.2) is 30.5 Å². The summed E-state index contributed by atoms with van der Waals surface area (Å²) < 4.78 is 4.66. The van der Waals surface area contributed by atoms with Crippen LogP contribution in [0.1, 0.15) is 10.5 Å². The number of nitrogens with zero attached hydrogens (tertiary/aromatic N) is 1. The molecule has 0 bridgehead atoms. The van der Waals surface area contributed by atoms with Crippen molar-refractivity contribution in [1.29, 1.82) is 0 Å². The zero-order valence-corrected chi connectivity index (χ0v) is 10.9. The number of nitrogens with one attached hydrogen (secondary N) is 1. The molecular formula is C9H7Cl3N2O3. The van der Waals surface area contributed by atoms with Gasteiger partial charge in [-0.25, -0.2) is 9.78 Å². The number of carbonyl (C=O) groups is 2. The van der Waals surface area contributed by atoms with E-state index in [4.69, 9.17) is 34.8 Å². The fraction of sp³-hybridized carbons (Fsp3) is 0.222. The van der Waals surface area contributed by atoms with Crippen LogP contribution in [0.15, 0.2) is 6.20 Å². The monoisotopic (exact) mass is 296 g/mol. The van der Waals surface area contributed by atoms with Gasteiger partial charge in [0.25, 0.3) is 5.91 Å². The molecule has 0 unspecified atom stereocenters. The number of halogens is 3. The van der Waals surface area contributed by atoms with Crippen molar-refractivity contribution in [3.05, 3.63) is 27.0 Å². The van der Waals surface area contributed by atoms with Crippen molar-refractivity contribution in [2.45, 2.75) is 0 Å². The Kier molecular flexibility index (Phi) is 4.99. The van der Waals surface area contributed by atoms with E-state index in [-0.39, 0.29) is 20.8 Å². The minimum absolute atomic E-state index is 0.00947. The van der Waals surface area contributed by atoms with E-state index in [1.165, 1.54) is 13.2 Å². The molecule has 0 aromatic carbocycles. The average molecular weight is 298 g/mol. The van der Waals surface area contributed by atoms with Gasteiger partial charge < -0.3 is 10.1 Å². The molecule has 0 saturated carbocycles. The van der Waals surface area contributed by atoms with Gasteiger partial charge in [0.15, 0.2) is 12.3 Å². The van der Waals surface area contributed by atoms with Crippen molar-refractivity contribution in [3.63, 3.8) is 0 Å². The van der Waals surface area contributed by atoms with Crippen LogP contribution in [0.4, 0.5) is 0 Å². The van der Waals surface area contributed by atoms with Crippen LogP contribution >= 0.6 is 34.8 Å². The van der Waals surface area contributed by atoms with Crippen molar-refractivity contribution >= 4 is 46.7 Å². The van der Waals surface area contributed by atoms with E-state index in [2.05, 4.69) is 15.0 Å². The predicted molar refractivity (Wildman–Crippen MR) is 63.6 cm³/mol. The number of hydrogen-bond donors (Lipinski definition) is 1.